The zero-order valence-electron chi connectivity index (χ0n) is 12.3. The van der Waals surface area contributed by atoms with E-state index in [4.69, 9.17) is 0 Å². The van der Waals surface area contributed by atoms with Crippen LogP contribution in [0, 0.1) is 13.8 Å². The fourth-order valence-electron chi connectivity index (χ4n) is 2.03. The minimum absolute atomic E-state index is 0.0537. The predicted molar refractivity (Wildman–Crippen MR) is 84.1 cm³/mol. The van der Waals surface area contributed by atoms with Gasteiger partial charge in [-0.15, -0.1) is 11.3 Å². The Kier molecular flexibility index (Phi) is 4.60. The average Bonchev–Trinajstić information content (AvgIpc) is 2.77. The normalized spacial score (nSPS) is 13.1. The van der Waals surface area contributed by atoms with E-state index < -0.39 is 10.0 Å². The van der Waals surface area contributed by atoms with Gasteiger partial charge in [0.05, 0.1) is 12.4 Å². The van der Waals surface area contributed by atoms with Crippen LogP contribution < -0.4 is 10.0 Å². The molecule has 21 heavy (non-hydrogen) atoms. The molecule has 2 aromatic rings. The van der Waals surface area contributed by atoms with Crippen molar-refractivity contribution in [3.8, 4) is 0 Å². The van der Waals surface area contributed by atoms with Crippen LogP contribution in [0.2, 0.25) is 0 Å². The molecule has 2 N–H and O–H groups in total. The van der Waals surface area contributed by atoms with Gasteiger partial charge in [-0.1, -0.05) is 0 Å². The summed E-state index contributed by atoms with van der Waals surface area (Å²) in [6, 6.07) is 1.71. The fraction of sp³-hybridized carbons (Fsp3) is 0.385. The van der Waals surface area contributed by atoms with Crippen LogP contribution >= 0.6 is 11.3 Å². The van der Waals surface area contributed by atoms with Gasteiger partial charge in [0.2, 0.25) is 16.0 Å². The first-order valence-electron chi connectivity index (χ1n) is 6.42. The highest BCUT2D eigenvalue weighted by atomic mass is 32.2. The van der Waals surface area contributed by atoms with Crippen molar-refractivity contribution in [2.24, 2.45) is 0 Å². The molecule has 0 bridgehead atoms. The second-order valence-electron chi connectivity index (χ2n) is 4.70. The standard InChI is InChI=1S/C13H18N4O2S2/c1-8-5-12(10(3)20-8)9(2)17-21(18,19)11-6-15-13(14-4)16-7-11/h5-7,9,17H,1-4H3,(H,14,15,16). The number of aromatic nitrogens is 2. The molecule has 0 amide bonds. The van der Waals surface area contributed by atoms with Crippen LogP contribution in [0.15, 0.2) is 23.4 Å². The van der Waals surface area contributed by atoms with Gasteiger partial charge >= 0.3 is 0 Å². The van der Waals surface area contributed by atoms with Crippen molar-refractivity contribution in [2.45, 2.75) is 31.7 Å². The summed E-state index contributed by atoms with van der Waals surface area (Å²) in [6.45, 7) is 5.82. The van der Waals surface area contributed by atoms with Crippen LogP contribution in [-0.4, -0.2) is 25.4 Å². The highest BCUT2D eigenvalue weighted by Crippen LogP contribution is 2.27. The molecule has 1 unspecified atom stereocenters. The Labute approximate surface area is 128 Å². The van der Waals surface area contributed by atoms with Crippen LogP contribution in [0.4, 0.5) is 5.95 Å². The maximum Gasteiger partial charge on any atom is 0.244 e. The molecule has 0 aliphatic rings. The molecule has 0 fully saturated rings. The van der Waals surface area contributed by atoms with E-state index >= 15 is 0 Å². The molecule has 0 saturated carbocycles. The summed E-state index contributed by atoms with van der Waals surface area (Å²) < 4.78 is 27.3. The topological polar surface area (TPSA) is 84.0 Å². The van der Waals surface area contributed by atoms with Crippen LogP contribution in [0.3, 0.4) is 0 Å². The molecule has 6 nitrogen and oxygen atoms in total. The number of thiophene rings is 1. The molecule has 0 aliphatic carbocycles. The third-order valence-corrected chi connectivity index (χ3v) is 5.52. The van der Waals surface area contributed by atoms with Crippen molar-refractivity contribution < 1.29 is 8.42 Å². The van der Waals surface area contributed by atoms with E-state index in [1.165, 1.54) is 12.4 Å². The Morgan fingerprint density at radius 1 is 1.24 bits per heavy atom. The summed E-state index contributed by atoms with van der Waals surface area (Å²) in [5, 5.41) is 2.75. The van der Waals surface area contributed by atoms with E-state index in [0.29, 0.717) is 5.95 Å². The lowest BCUT2D eigenvalue weighted by molar-refractivity contribution is 0.566. The SMILES string of the molecule is CNc1ncc(S(=O)(=O)NC(C)c2cc(C)sc2C)cn1. The summed E-state index contributed by atoms with van der Waals surface area (Å²) in [6.07, 6.45) is 2.58. The van der Waals surface area contributed by atoms with Crippen LogP contribution in [0.1, 0.15) is 28.3 Å². The maximum atomic E-state index is 12.3. The van der Waals surface area contributed by atoms with Crippen molar-refractivity contribution in [3.05, 3.63) is 33.8 Å². The second-order valence-corrected chi connectivity index (χ2v) is 7.88. The van der Waals surface area contributed by atoms with Crippen molar-refractivity contribution in [2.75, 3.05) is 12.4 Å². The first-order chi connectivity index (χ1) is 9.83. The monoisotopic (exact) mass is 326 g/mol. The lowest BCUT2D eigenvalue weighted by Crippen LogP contribution is -2.27. The molecule has 114 valence electrons. The minimum atomic E-state index is -3.64. The smallest absolute Gasteiger partial charge is 0.244 e. The van der Waals surface area contributed by atoms with Gasteiger partial charge in [0.25, 0.3) is 0 Å². The average molecular weight is 326 g/mol. The molecule has 0 aliphatic heterocycles. The summed E-state index contributed by atoms with van der Waals surface area (Å²) in [5.41, 5.74) is 0.994. The van der Waals surface area contributed by atoms with Gasteiger partial charge < -0.3 is 5.32 Å². The van der Waals surface area contributed by atoms with Crippen LogP contribution in [-0.2, 0) is 10.0 Å². The van der Waals surface area contributed by atoms with E-state index in [2.05, 4.69) is 20.0 Å². The molecule has 0 radical (unpaired) electrons. The quantitative estimate of drug-likeness (QED) is 0.880. The molecular formula is C13H18N4O2S2. The lowest BCUT2D eigenvalue weighted by atomic mass is 10.1. The Hall–Kier alpha value is -1.51. The Bertz CT molecular complexity index is 723. The van der Waals surface area contributed by atoms with Crippen molar-refractivity contribution in [1.82, 2.24) is 14.7 Å². The number of anilines is 1. The fourth-order valence-corrected chi connectivity index (χ4v) is 4.16. The van der Waals surface area contributed by atoms with Gasteiger partial charge in [-0.2, -0.15) is 0 Å². The number of hydrogen-bond donors (Lipinski definition) is 2. The molecule has 2 heterocycles. The number of hydrogen-bond acceptors (Lipinski definition) is 6. The third-order valence-electron chi connectivity index (χ3n) is 3.04. The second kappa shape index (κ2) is 6.08. The summed E-state index contributed by atoms with van der Waals surface area (Å²) in [4.78, 5) is 10.2. The van der Waals surface area contributed by atoms with Gasteiger partial charge in [0, 0.05) is 22.8 Å². The van der Waals surface area contributed by atoms with Gasteiger partial charge in [-0.25, -0.2) is 23.1 Å². The Morgan fingerprint density at radius 2 is 1.86 bits per heavy atom. The van der Waals surface area contributed by atoms with Crippen LogP contribution in [0.5, 0.6) is 0 Å². The molecule has 2 aromatic heterocycles. The summed E-state index contributed by atoms with van der Waals surface area (Å²) in [7, 11) is -1.97. The number of nitrogens with one attached hydrogen (secondary N) is 2. The first-order valence-corrected chi connectivity index (χ1v) is 8.72. The summed E-state index contributed by atoms with van der Waals surface area (Å²) in [5.74, 6) is 0.381. The van der Waals surface area contributed by atoms with Gasteiger partial charge in [-0.05, 0) is 32.4 Å². The minimum Gasteiger partial charge on any atom is -0.357 e. The molecule has 2 rings (SSSR count). The van der Waals surface area contributed by atoms with E-state index in [-0.39, 0.29) is 10.9 Å². The zero-order chi connectivity index (χ0) is 15.6. The van der Waals surface area contributed by atoms with E-state index in [0.717, 1.165) is 15.3 Å². The van der Waals surface area contributed by atoms with Gasteiger partial charge in [0.15, 0.2) is 0 Å². The van der Waals surface area contributed by atoms with Crippen molar-refractivity contribution in [3.63, 3.8) is 0 Å². The molecule has 0 aromatic carbocycles. The third kappa shape index (κ3) is 3.58. The molecule has 8 heteroatoms. The highest BCUT2D eigenvalue weighted by Gasteiger charge is 2.21. The van der Waals surface area contributed by atoms with Crippen LogP contribution in [0.25, 0.3) is 0 Å². The van der Waals surface area contributed by atoms with E-state index in [1.807, 2.05) is 26.8 Å². The molecule has 1 atom stereocenters. The van der Waals surface area contributed by atoms with Crippen molar-refractivity contribution >= 4 is 27.3 Å². The van der Waals surface area contributed by atoms with Crippen molar-refractivity contribution in [1.29, 1.82) is 0 Å². The number of aryl methyl sites for hydroxylation is 2. The highest BCUT2D eigenvalue weighted by molar-refractivity contribution is 7.89. The summed E-state index contributed by atoms with van der Waals surface area (Å²) >= 11 is 1.66. The Morgan fingerprint density at radius 3 is 2.33 bits per heavy atom. The van der Waals surface area contributed by atoms with E-state index in [1.54, 1.807) is 18.4 Å². The molecule has 0 saturated heterocycles. The first kappa shape index (κ1) is 15.9. The predicted octanol–water partition coefficient (Wildman–Crippen LogP) is 2.24. The van der Waals surface area contributed by atoms with Gasteiger partial charge in [-0.3, -0.25) is 0 Å². The maximum absolute atomic E-state index is 12.3. The number of rotatable bonds is 5. The number of nitrogens with zero attached hydrogens (tertiary/aromatic N) is 2. The van der Waals surface area contributed by atoms with Gasteiger partial charge in [0.1, 0.15) is 4.90 Å². The van der Waals surface area contributed by atoms with E-state index in [9.17, 15) is 8.42 Å². The Balaban J connectivity index is 2.22. The molecule has 0 spiro atoms. The zero-order valence-corrected chi connectivity index (χ0v) is 14.0. The largest absolute Gasteiger partial charge is 0.357 e. The number of sulfonamides is 1. The lowest BCUT2D eigenvalue weighted by Gasteiger charge is -2.14. The molecular weight excluding hydrogens is 308 g/mol.